The third kappa shape index (κ3) is 3.07. The van der Waals surface area contributed by atoms with Crippen molar-refractivity contribution in [3.05, 3.63) is 24.2 Å². The Kier molecular flexibility index (Phi) is 4.30. The van der Waals surface area contributed by atoms with Gasteiger partial charge in [0.1, 0.15) is 0 Å². The van der Waals surface area contributed by atoms with Crippen molar-refractivity contribution in [1.82, 2.24) is 4.90 Å². The van der Waals surface area contributed by atoms with E-state index in [9.17, 15) is 9.59 Å². The Morgan fingerprint density at radius 2 is 2.44 bits per heavy atom. The summed E-state index contributed by atoms with van der Waals surface area (Å²) in [4.78, 5) is 24.8. The molecule has 0 aliphatic carbocycles. The largest absolute Gasteiger partial charge is 0.468 e. The molecule has 1 aromatic rings. The van der Waals surface area contributed by atoms with Crippen LogP contribution in [0.1, 0.15) is 17.0 Å². The van der Waals surface area contributed by atoms with Gasteiger partial charge in [-0.2, -0.15) is 0 Å². The van der Waals surface area contributed by atoms with Crippen LogP contribution in [0.15, 0.2) is 22.8 Å². The monoisotopic (exact) mass is 269 g/mol. The number of methoxy groups -OCH3 is 1. The average Bonchev–Trinajstić information content (AvgIpc) is 3.05. The van der Waals surface area contributed by atoms with Gasteiger partial charge >= 0.3 is 5.97 Å². The summed E-state index contributed by atoms with van der Waals surface area (Å²) < 4.78 is 9.67. The molecule has 0 radical (unpaired) electrons. The predicted molar refractivity (Wildman–Crippen MR) is 67.5 cm³/mol. The van der Waals surface area contributed by atoms with Gasteiger partial charge in [-0.25, -0.2) is 0 Å². The van der Waals surface area contributed by atoms with Gasteiger partial charge in [0.25, 0.3) is 5.91 Å². The Balaban J connectivity index is 1.81. The van der Waals surface area contributed by atoms with Crippen LogP contribution < -0.4 is 0 Å². The van der Waals surface area contributed by atoms with Crippen molar-refractivity contribution in [1.29, 1.82) is 0 Å². The lowest BCUT2D eigenvalue weighted by atomic mass is 10.4. The molecule has 1 unspecified atom stereocenters. The fraction of sp³-hybridized carbons (Fsp3) is 0.500. The van der Waals surface area contributed by atoms with Crippen molar-refractivity contribution in [3.8, 4) is 0 Å². The highest BCUT2D eigenvalue weighted by Gasteiger charge is 2.28. The maximum atomic E-state index is 12.0. The van der Waals surface area contributed by atoms with Crippen LogP contribution >= 0.6 is 11.8 Å². The van der Waals surface area contributed by atoms with Gasteiger partial charge in [-0.15, -0.1) is 11.8 Å². The number of nitrogens with zero attached hydrogens (tertiary/aromatic N) is 1. The van der Waals surface area contributed by atoms with Crippen LogP contribution in [-0.4, -0.2) is 48.0 Å². The Morgan fingerprint density at radius 3 is 3.11 bits per heavy atom. The first-order valence-electron chi connectivity index (χ1n) is 5.72. The normalized spacial score (nSPS) is 18.9. The number of rotatable bonds is 4. The molecule has 0 bridgehead atoms. The minimum atomic E-state index is -0.226. The van der Waals surface area contributed by atoms with Gasteiger partial charge < -0.3 is 14.1 Å². The summed E-state index contributed by atoms with van der Waals surface area (Å²) in [6, 6.07) is 3.37. The van der Waals surface area contributed by atoms with E-state index in [-0.39, 0.29) is 11.9 Å². The van der Waals surface area contributed by atoms with Gasteiger partial charge in [-0.05, 0) is 18.6 Å². The number of likely N-dealkylation sites (tertiary alicyclic amines) is 1. The highest BCUT2D eigenvalue weighted by molar-refractivity contribution is 8.00. The second-order valence-corrected chi connectivity index (χ2v) is 5.31. The summed E-state index contributed by atoms with van der Waals surface area (Å²) in [6.45, 7) is 1.36. The van der Waals surface area contributed by atoms with E-state index in [1.807, 2.05) is 0 Å². The zero-order valence-corrected chi connectivity index (χ0v) is 10.9. The molecule has 1 amide bonds. The third-order valence-corrected chi connectivity index (χ3v) is 4.09. The first-order chi connectivity index (χ1) is 8.70. The Labute approximate surface area is 109 Å². The highest BCUT2D eigenvalue weighted by Crippen LogP contribution is 2.24. The van der Waals surface area contributed by atoms with E-state index in [1.165, 1.54) is 25.1 Å². The molecule has 0 N–H and O–H groups in total. The number of hydrogen-bond acceptors (Lipinski definition) is 5. The van der Waals surface area contributed by atoms with E-state index in [1.54, 1.807) is 17.0 Å². The highest BCUT2D eigenvalue weighted by atomic mass is 32.2. The van der Waals surface area contributed by atoms with Gasteiger partial charge in [0.15, 0.2) is 5.76 Å². The summed E-state index contributed by atoms with van der Waals surface area (Å²) in [6.07, 6.45) is 2.39. The van der Waals surface area contributed by atoms with Crippen molar-refractivity contribution < 1.29 is 18.7 Å². The number of furan rings is 1. The predicted octanol–water partition coefficient (Wildman–Crippen LogP) is 1.40. The quantitative estimate of drug-likeness (QED) is 0.773. The summed E-state index contributed by atoms with van der Waals surface area (Å²) in [5.74, 6) is 0.398. The number of carbonyl (C=O) groups excluding carboxylic acids is 2. The molecule has 1 aliphatic heterocycles. The summed E-state index contributed by atoms with van der Waals surface area (Å²) in [5, 5.41) is 0.294. The van der Waals surface area contributed by atoms with Crippen LogP contribution in [0.4, 0.5) is 0 Å². The molecular weight excluding hydrogens is 254 g/mol. The Bertz CT molecular complexity index is 418. The van der Waals surface area contributed by atoms with Crippen LogP contribution in [0.25, 0.3) is 0 Å². The van der Waals surface area contributed by atoms with Crippen LogP contribution in [0.5, 0.6) is 0 Å². The van der Waals surface area contributed by atoms with E-state index >= 15 is 0 Å². The first kappa shape index (κ1) is 13.0. The summed E-state index contributed by atoms with van der Waals surface area (Å²) in [5.41, 5.74) is 0. The topological polar surface area (TPSA) is 59.8 Å². The van der Waals surface area contributed by atoms with E-state index < -0.39 is 0 Å². The first-order valence-corrected chi connectivity index (χ1v) is 6.77. The molecule has 5 nitrogen and oxygen atoms in total. The summed E-state index contributed by atoms with van der Waals surface area (Å²) in [7, 11) is 1.38. The van der Waals surface area contributed by atoms with E-state index in [2.05, 4.69) is 4.74 Å². The lowest BCUT2D eigenvalue weighted by molar-refractivity contribution is -0.137. The lowest BCUT2D eigenvalue weighted by Crippen LogP contribution is -2.28. The number of carbonyl (C=O) groups is 2. The maximum Gasteiger partial charge on any atom is 0.315 e. The number of ether oxygens (including phenoxy) is 1. The van der Waals surface area contributed by atoms with Gasteiger partial charge in [-0.3, -0.25) is 9.59 Å². The lowest BCUT2D eigenvalue weighted by Gasteiger charge is -2.14. The Morgan fingerprint density at radius 1 is 1.61 bits per heavy atom. The van der Waals surface area contributed by atoms with Gasteiger partial charge in [0, 0.05) is 18.3 Å². The number of hydrogen-bond donors (Lipinski definition) is 0. The number of esters is 1. The molecule has 2 rings (SSSR count). The number of amides is 1. The van der Waals surface area contributed by atoms with Crippen molar-refractivity contribution in [2.24, 2.45) is 0 Å². The molecule has 1 fully saturated rings. The molecular formula is C12H15NO4S. The molecule has 2 heterocycles. The van der Waals surface area contributed by atoms with Crippen LogP contribution in [-0.2, 0) is 9.53 Å². The zero-order chi connectivity index (χ0) is 13.0. The second kappa shape index (κ2) is 5.95. The molecule has 1 aliphatic rings. The van der Waals surface area contributed by atoms with Crippen molar-refractivity contribution in [2.75, 3.05) is 26.0 Å². The second-order valence-electron chi connectivity index (χ2n) is 4.03. The molecule has 18 heavy (non-hydrogen) atoms. The SMILES string of the molecule is COC(=O)CSC1CCN(C(=O)c2ccco2)C1. The maximum absolute atomic E-state index is 12.0. The molecule has 98 valence electrons. The van der Waals surface area contributed by atoms with E-state index in [4.69, 9.17) is 4.42 Å². The summed E-state index contributed by atoms with van der Waals surface area (Å²) >= 11 is 1.54. The van der Waals surface area contributed by atoms with Crippen LogP contribution in [0, 0.1) is 0 Å². The zero-order valence-electron chi connectivity index (χ0n) is 10.1. The molecule has 1 aromatic heterocycles. The molecule has 0 aromatic carbocycles. The van der Waals surface area contributed by atoms with Gasteiger partial charge in [0.05, 0.1) is 19.1 Å². The van der Waals surface area contributed by atoms with Gasteiger partial charge in [-0.1, -0.05) is 0 Å². The molecule has 6 heteroatoms. The molecule has 0 saturated carbocycles. The molecule has 1 saturated heterocycles. The third-order valence-electron chi connectivity index (χ3n) is 2.83. The Hall–Kier alpha value is -1.43. The van der Waals surface area contributed by atoms with Gasteiger partial charge in [0.2, 0.25) is 0 Å². The fourth-order valence-corrected chi connectivity index (χ4v) is 2.90. The van der Waals surface area contributed by atoms with E-state index in [0.29, 0.717) is 29.9 Å². The van der Waals surface area contributed by atoms with Crippen LogP contribution in [0.3, 0.4) is 0 Å². The van der Waals surface area contributed by atoms with Crippen LogP contribution in [0.2, 0.25) is 0 Å². The number of thioether (sulfide) groups is 1. The van der Waals surface area contributed by atoms with E-state index in [0.717, 1.165) is 6.42 Å². The fourth-order valence-electron chi connectivity index (χ4n) is 1.85. The standard InChI is InChI=1S/C12H15NO4S/c1-16-11(14)8-18-9-4-5-13(7-9)12(15)10-3-2-6-17-10/h2-3,6,9H,4-5,7-8H2,1H3. The van der Waals surface area contributed by atoms with Crippen molar-refractivity contribution >= 4 is 23.6 Å². The molecule has 1 atom stereocenters. The molecule has 0 spiro atoms. The smallest absolute Gasteiger partial charge is 0.315 e. The average molecular weight is 269 g/mol. The minimum Gasteiger partial charge on any atom is -0.468 e. The minimum absolute atomic E-state index is 0.0823. The van der Waals surface area contributed by atoms with Crippen molar-refractivity contribution in [2.45, 2.75) is 11.7 Å². The van der Waals surface area contributed by atoms with Crippen molar-refractivity contribution in [3.63, 3.8) is 0 Å².